The summed E-state index contributed by atoms with van der Waals surface area (Å²) in [5, 5.41) is 5.27. The molecular weight excluding hydrogens is 318 g/mol. The first-order chi connectivity index (χ1) is 11.4. The number of nitrogens with one attached hydrogen (secondary N) is 1. The standard InChI is InChI=1S/C20H21NO2S/c1-11-6-8-24-16(11)5-7-21-18-17(19(22)20(18)23)15-10-13(3)12(2)9-14(15)4/h6,8-10,21H,5,7H2,1-4H3. The molecule has 0 aliphatic heterocycles. The van der Waals surface area contributed by atoms with Crippen molar-refractivity contribution >= 4 is 17.0 Å². The largest absolute Gasteiger partial charge is 0.381 e. The number of rotatable bonds is 5. The van der Waals surface area contributed by atoms with Crippen LogP contribution in [0.1, 0.15) is 27.1 Å². The summed E-state index contributed by atoms with van der Waals surface area (Å²) < 4.78 is 0. The Kier molecular flexibility index (Phi) is 4.41. The molecule has 3 rings (SSSR count). The van der Waals surface area contributed by atoms with E-state index in [0.29, 0.717) is 17.8 Å². The quantitative estimate of drug-likeness (QED) is 0.717. The Morgan fingerprint density at radius 1 is 0.917 bits per heavy atom. The second kappa shape index (κ2) is 6.36. The van der Waals surface area contributed by atoms with E-state index in [2.05, 4.69) is 36.7 Å². The van der Waals surface area contributed by atoms with Crippen LogP contribution in [0.4, 0.5) is 5.69 Å². The summed E-state index contributed by atoms with van der Waals surface area (Å²) in [6.45, 7) is 8.81. The fourth-order valence-corrected chi connectivity index (χ4v) is 3.92. The molecule has 24 heavy (non-hydrogen) atoms. The second-order valence-electron chi connectivity index (χ2n) is 6.36. The van der Waals surface area contributed by atoms with Crippen LogP contribution in [0, 0.1) is 27.7 Å². The number of aryl methyl sites for hydroxylation is 4. The van der Waals surface area contributed by atoms with E-state index in [1.807, 2.05) is 19.9 Å². The molecule has 3 aromatic rings. The predicted molar refractivity (Wildman–Crippen MR) is 102 cm³/mol. The van der Waals surface area contributed by atoms with E-state index in [0.717, 1.165) is 23.1 Å². The molecule has 0 aliphatic carbocycles. The molecule has 1 aromatic heterocycles. The number of benzene rings is 1. The lowest BCUT2D eigenvalue weighted by atomic mass is 9.91. The van der Waals surface area contributed by atoms with Crippen LogP contribution in [-0.2, 0) is 6.42 Å². The van der Waals surface area contributed by atoms with Gasteiger partial charge in [-0.2, -0.15) is 0 Å². The Balaban J connectivity index is 1.85. The highest BCUT2D eigenvalue weighted by Crippen LogP contribution is 2.29. The summed E-state index contributed by atoms with van der Waals surface area (Å²) in [4.78, 5) is 25.4. The number of thiophene rings is 1. The van der Waals surface area contributed by atoms with Gasteiger partial charge in [0, 0.05) is 11.4 Å². The van der Waals surface area contributed by atoms with Crippen LogP contribution >= 0.6 is 11.3 Å². The van der Waals surface area contributed by atoms with Crippen molar-refractivity contribution in [1.82, 2.24) is 0 Å². The summed E-state index contributed by atoms with van der Waals surface area (Å²) in [7, 11) is 0. The van der Waals surface area contributed by atoms with Crippen molar-refractivity contribution in [2.75, 3.05) is 11.9 Å². The van der Waals surface area contributed by atoms with Gasteiger partial charge >= 0.3 is 0 Å². The minimum Gasteiger partial charge on any atom is -0.381 e. The van der Waals surface area contributed by atoms with Gasteiger partial charge in [-0.1, -0.05) is 12.1 Å². The summed E-state index contributed by atoms with van der Waals surface area (Å²) in [5.74, 6) is 0. The van der Waals surface area contributed by atoms with Crippen LogP contribution < -0.4 is 16.2 Å². The van der Waals surface area contributed by atoms with Gasteiger partial charge in [-0.3, -0.25) is 9.59 Å². The van der Waals surface area contributed by atoms with E-state index in [1.54, 1.807) is 11.3 Å². The average molecular weight is 339 g/mol. The molecular formula is C20H21NO2S. The monoisotopic (exact) mass is 339 g/mol. The molecule has 4 heteroatoms. The van der Waals surface area contributed by atoms with Crippen molar-refractivity contribution < 1.29 is 0 Å². The fourth-order valence-electron chi connectivity index (χ4n) is 3.01. The molecule has 0 spiro atoms. The van der Waals surface area contributed by atoms with Crippen molar-refractivity contribution in [3.05, 3.63) is 71.2 Å². The summed E-state index contributed by atoms with van der Waals surface area (Å²) in [5.41, 5.74) is 5.74. The third kappa shape index (κ3) is 2.82. The van der Waals surface area contributed by atoms with Gasteiger partial charge < -0.3 is 5.32 Å². The van der Waals surface area contributed by atoms with E-state index < -0.39 is 5.43 Å². The molecule has 2 aromatic carbocycles. The van der Waals surface area contributed by atoms with Gasteiger partial charge in [-0.15, -0.1) is 11.3 Å². The van der Waals surface area contributed by atoms with E-state index in [9.17, 15) is 9.59 Å². The Hall–Kier alpha value is -2.20. The van der Waals surface area contributed by atoms with Crippen LogP contribution in [0.3, 0.4) is 0 Å². The zero-order chi connectivity index (χ0) is 17.4. The molecule has 0 unspecified atom stereocenters. The van der Waals surface area contributed by atoms with E-state index in [4.69, 9.17) is 0 Å². The highest BCUT2D eigenvalue weighted by Gasteiger charge is 2.23. The SMILES string of the molecule is Cc1cc(C)c(-c2c(NCCc3sccc3C)c(=O)c2=O)cc1C. The van der Waals surface area contributed by atoms with E-state index in [-0.39, 0.29) is 5.43 Å². The van der Waals surface area contributed by atoms with Crippen LogP contribution in [0.2, 0.25) is 0 Å². The minimum absolute atomic E-state index is 0.379. The molecule has 0 aliphatic rings. The van der Waals surface area contributed by atoms with Crippen LogP contribution in [-0.4, -0.2) is 6.54 Å². The Bertz CT molecular complexity index is 974. The first-order valence-electron chi connectivity index (χ1n) is 8.08. The first-order valence-corrected chi connectivity index (χ1v) is 8.96. The average Bonchev–Trinajstić information content (AvgIpc) is 2.95. The topological polar surface area (TPSA) is 46.2 Å². The highest BCUT2D eigenvalue weighted by molar-refractivity contribution is 7.10. The summed E-state index contributed by atoms with van der Waals surface area (Å²) in [6, 6.07) is 6.18. The molecule has 0 saturated heterocycles. The van der Waals surface area contributed by atoms with Gasteiger partial charge in [0.15, 0.2) is 0 Å². The number of anilines is 1. The molecule has 1 N–H and O–H groups in total. The maximum Gasteiger partial charge on any atom is 0.250 e. The summed E-state index contributed by atoms with van der Waals surface area (Å²) >= 11 is 1.72. The van der Waals surface area contributed by atoms with Crippen LogP contribution in [0.25, 0.3) is 11.1 Å². The van der Waals surface area contributed by atoms with Crippen molar-refractivity contribution in [1.29, 1.82) is 0 Å². The van der Waals surface area contributed by atoms with Crippen LogP contribution in [0.5, 0.6) is 0 Å². The smallest absolute Gasteiger partial charge is 0.250 e. The van der Waals surface area contributed by atoms with Gasteiger partial charge in [0.1, 0.15) is 0 Å². The Morgan fingerprint density at radius 2 is 1.62 bits per heavy atom. The van der Waals surface area contributed by atoms with Crippen molar-refractivity contribution in [2.24, 2.45) is 0 Å². The fraction of sp³-hybridized carbons (Fsp3) is 0.300. The molecule has 0 radical (unpaired) electrons. The minimum atomic E-state index is -0.398. The molecule has 0 bridgehead atoms. The Morgan fingerprint density at radius 3 is 2.29 bits per heavy atom. The van der Waals surface area contributed by atoms with Gasteiger partial charge in [-0.25, -0.2) is 0 Å². The first kappa shape index (κ1) is 16.7. The molecule has 1 heterocycles. The van der Waals surface area contributed by atoms with Gasteiger partial charge in [-0.05, 0) is 73.4 Å². The molecule has 3 nitrogen and oxygen atoms in total. The lowest BCUT2D eigenvalue weighted by Gasteiger charge is -2.16. The second-order valence-corrected chi connectivity index (χ2v) is 7.36. The molecule has 124 valence electrons. The van der Waals surface area contributed by atoms with Crippen molar-refractivity contribution in [2.45, 2.75) is 34.1 Å². The lowest BCUT2D eigenvalue weighted by Crippen LogP contribution is -2.36. The summed E-state index contributed by atoms with van der Waals surface area (Å²) in [6.07, 6.45) is 0.855. The Labute approximate surface area is 145 Å². The van der Waals surface area contributed by atoms with Crippen LogP contribution in [0.15, 0.2) is 33.2 Å². The number of hydrogen-bond acceptors (Lipinski definition) is 4. The lowest BCUT2D eigenvalue weighted by molar-refractivity contribution is 1.03. The maximum absolute atomic E-state index is 12.1. The molecule has 0 amide bonds. The predicted octanol–water partition coefficient (Wildman–Crippen LogP) is 3.90. The van der Waals surface area contributed by atoms with Gasteiger partial charge in [0.05, 0.1) is 11.3 Å². The van der Waals surface area contributed by atoms with Gasteiger partial charge in [0.25, 0.3) is 0 Å². The highest BCUT2D eigenvalue weighted by atomic mass is 32.1. The van der Waals surface area contributed by atoms with E-state index in [1.165, 1.54) is 16.0 Å². The molecule has 0 fully saturated rings. The molecule has 0 saturated carbocycles. The van der Waals surface area contributed by atoms with E-state index >= 15 is 0 Å². The van der Waals surface area contributed by atoms with Crippen molar-refractivity contribution in [3.63, 3.8) is 0 Å². The zero-order valence-corrected chi connectivity index (χ0v) is 15.3. The normalized spacial score (nSPS) is 11.2. The third-order valence-corrected chi connectivity index (χ3v) is 5.73. The van der Waals surface area contributed by atoms with Gasteiger partial charge in [0.2, 0.25) is 10.9 Å². The maximum atomic E-state index is 12.1. The molecule has 0 atom stereocenters. The van der Waals surface area contributed by atoms with Crippen molar-refractivity contribution in [3.8, 4) is 11.1 Å². The number of hydrogen-bond donors (Lipinski definition) is 1. The third-order valence-electron chi connectivity index (χ3n) is 4.64. The zero-order valence-electron chi connectivity index (χ0n) is 14.4.